The van der Waals surface area contributed by atoms with Crippen molar-refractivity contribution in [3.8, 4) is 11.1 Å². The van der Waals surface area contributed by atoms with Crippen LogP contribution < -0.4 is 9.62 Å². The zero-order valence-electron chi connectivity index (χ0n) is 14.8. The number of carbonyl (C=O) groups is 1. The molecule has 2 aromatic carbocycles. The van der Waals surface area contributed by atoms with E-state index >= 15 is 0 Å². The summed E-state index contributed by atoms with van der Waals surface area (Å²) in [5.41, 5.74) is 2.64. The van der Waals surface area contributed by atoms with Crippen LogP contribution in [0.15, 0.2) is 67.1 Å². The van der Waals surface area contributed by atoms with Crippen LogP contribution in [0.1, 0.15) is 10.5 Å². The molecule has 0 saturated heterocycles. The number of hydrogen-bond donors (Lipinski definition) is 1. The van der Waals surface area contributed by atoms with E-state index in [1.807, 2.05) is 36.4 Å². The van der Waals surface area contributed by atoms with Gasteiger partial charge in [-0.1, -0.05) is 36.4 Å². The van der Waals surface area contributed by atoms with Crippen LogP contribution in [-0.4, -0.2) is 37.6 Å². The third-order valence-corrected chi connectivity index (χ3v) is 5.18. The van der Waals surface area contributed by atoms with E-state index in [2.05, 4.69) is 15.3 Å². The van der Waals surface area contributed by atoms with Crippen molar-refractivity contribution in [3.05, 3.63) is 72.8 Å². The molecule has 3 aromatic rings. The Labute approximate surface area is 157 Å². The molecular weight excluding hydrogens is 364 g/mol. The lowest BCUT2D eigenvalue weighted by molar-refractivity contribution is 0.102. The highest BCUT2D eigenvalue weighted by Crippen LogP contribution is 2.32. The Hall–Kier alpha value is -3.26. The van der Waals surface area contributed by atoms with Crippen molar-refractivity contribution in [2.45, 2.75) is 0 Å². The number of hydrogen-bond acceptors (Lipinski definition) is 5. The molecule has 1 amide bonds. The van der Waals surface area contributed by atoms with E-state index in [1.165, 1.54) is 25.6 Å². The zero-order chi connectivity index (χ0) is 19.4. The van der Waals surface area contributed by atoms with Gasteiger partial charge in [0, 0.05) is 19.4 Å². The number of nitrogens with one attached hydrogen (secondary N) is 1. The first-order valence-corrected chi connectivity index (χ1v) is 9.92. The molecule has 1 aromatic heterocycles. The quantitative estimate of drug-likeness (QED) is 0.732. The Bertz CT molecular complexity index is 1050. The van der Waals surface area contributed by atoms with Crippen LogP contribution in [0.5, 0.6) is 0 Å². The van der Waals surface area contributed by atoms with Crippen molar-refractivity contribution < 1.29 is 13.2 Å². The molecule has 0 bridgehead atoms. The predicted octanol–water partition coefficient (Wildman–Crippen LogP) is 2.79. The first-order chi connectivity index (χ1) is 12.9. The second kappa shape index (κ2) is 7.55. The average molecular weight is 382 g/mol. The Kier molecular flexibility index (Phi) is 5.18. The summed E-state index contributed by atoms with van der Waals surface area (Å²) in [6.07, 6.45) is 5.33. The Morgan fingerprint density at radius 2 is 1.78 bits per heavy atom. The number of carbonyl (C=O) groups excluding carboxylic acids is 1. The van der Waals surface area contributed by atoms with E-state index in [9.17, 15) is 13.2 Å². The van der Waals surface area contributed by atoms with Gasteiger partial charge in [-0.05, 0) is 23.3 Å². The van der Waals surface area contributed by atoms with Gasteiger partial charge in [-0.3, -0.25) is 14.1 Å². The molecule has 3 rings (SSSR count). The molecule has 0 aliphatic rings. The standard InChI is InChI=1S/C19H18N4O3S/c1-23(27(2,25)26)18-9-8-15(14-6-4-3-5-7-14)12-16(18)22-19(24)17-13-20-10-11-21-17/h3-13H,1-2H3,(H,22,24). The molecule has 0 saturated carbocycles. The zero-order valence-corrected chi connectivity index (χ0v) is 15.6. The fourth-order valence-electron chi connectivity index (χ4n) is 2.50. The van der Waals surface area contributed by atoms with Gasteiger partial charge in [-0.25, -0.2) is 13.4 Å². The first kappa shape index (κ1) is 18.5. The summed E-state index contributed by atoms with van der Waals surface area (Å²) in [7, 11) is -2.07. The lowest BCUT2D eigenvalue weighted by Crippen LogP contribution is -2.26. The minimum atomic E-state index is -3.50. The maximum absolute atomic E-state index is 12.5. The predicted molar refractivity (Wildman–Crippen MR) is 105 cm³/mol. The molecule has 1 N–H and O–H groups in total. The summed E-state index contributed by atoms with van der Waals surface area (Å²) in [6.45, 7) is 0. The fourth-order valence-corrected chi connectivity index (χ4v) is 3.02. The number of nitrogens with zero attached hydrogens (tertiary/aromatic N) is 3. The van der Waals surface area contributed by atoms with E-state index in [-0.39, 0.29) is 5.69 Å². The molecule has 0 fully saturated rings. The normalized spacial score (nSPS) is 11.0. The van der Waals surface area contributed by atoms with Crippen LogP contribution in [0.25, 0.3) is 11.1 Å². The lowest BCUT2D eigenvalue weighted by Gasteiger charge is -2.21. The average Bonchev–Trinajstić information content (AvgIpc) is 2.68. The molecule has 138 valence electrons. The molecule has 27 heavy (non-hydrogen) atoms. The molecular formula is C19H18N4O3S. The Morgan fingerprint density at radius 3 is 2.41 bits per heavy atom. The number of sulfonamides is 1. The highest BCUT2D eigenvalue weighted by Gasteiger charge is 2.19. The van der Waals surface area contributed by atoms with Crippen molar-refractivity contribution in [2.75, 3.05) is 22.9 Å². The van der Waals surface area contributed by atoms with Crippen LogP contribution in [0.4, 0.5) is 11.4 Å². The maximum Gasteiger partial charge on any atom is 0.275 e. The van der Waals surface area contributed by atoms with Crippen molar-refractivity contribution >= 4 is 27.3 Å². The first-order valence-electron chi connectivity index (χ1n) is 8.07. The van der Waals surface area contributed by atoms with Gasteiger partial charge in [0.15, 0.2) is 0 Å². The molecule has 8 heteroatoms. The topological polar surface area (TPSA) is 92.3 Å². The van der Waals surface area contributed by atoms with Gasteiger partial charge in [-0.2, -0.15) is 0 Å². The number of amides is 1. The van der Waals surface area contributed by atoms with Crippen LogP contribution in [-0.2, 0) is 10.0 Å². The maximum atomic E-state index is 12.5. The smallest absolute Gasteiger partial charge is 0.275 e. The van der Waals surface area contributed by atoms with Crippen molar-refractivity contribution in [1.82, 2.24) is 9.97 Å². The Morgan fingerprint density at radius 1 is 1.04 bits per heavy atom. The molecule has 0 spiro atoms. The van der Waals surface area contributed by atoms with Gasteiger partial charge >= 0.3 is 0 Å². The minimum absolute atomic E-state index is 0.135. The number of benzene rings is 2. The summed E-state index contributed by atoms with van der Waals surface area (Å²) in [4.78, 5) is 20.4. The van der Waals surface area contributed by atoms with Gasteiger partial charge in [-0.15, -0.1) is 0 Å². The van der Waals surface area contributed by atoms with Gasteiger partial charge in [0.1, 0.15) is 5.69 Å². The molecule has 0 aliphatic heterocycles. The van der Waals surface area contributed by atoms with Crippen LogP contribution in [0, 0.1) is 0 Å². The monoisotopic (exact) mass is 382 g/mol. The van der Waals surface area contributed by atoms with Gasteiger partial charge in [0.2, 0.25) is 10.0 Å². The van der Waals surface area contributed by atoms with Gasteiger partial charge < -0.3 is 5.32 Å². The largest absolute Gasteiger partial charge is 0.319 e. The SMILES string of the molecule is CN(c1ccc(-c2ccccc2)cc1NC(=O)c1cnccn1)S(C)(=O)=O. The summed E-state index contributed by atoms with van der Waals surface area (Å²) in [5.74, 6) is -0.475. The third-order valence-electron chi connectivity index (χ3n) is 3.98. The molecule has 0 aliphatic carbocycles. The van der Waals surface area contributed by atoms with E-state index in [1.54, 1.807) is 12.1 Å². The molecule has 0 radical (unpaired) electrons. The van der Waals surface area contributed by atoms with Gasteiger partial charge in [0.05, 0.1) is 23.8 Å². The molecule has 0 atom stereocenters. The van der Waals surface area contributed by atoms with Crippen molar-refractivity contribution in [2.24, 2.45) is 0 Å². The number of rotatable bonds is 5. The van der Waals surface area contributed by atoms with E-state index < -0.39 is 15.9 Å². The number of anilines is 2. The van der Waals surface area contributed by atoms with Crippen LogP contribution in [0.3, 0.4) is 0 Å². The third kappa shape index (κ3) is 4.29. The van der Waals surface area contributed by atoms with E-state index in [0.29, 0.717) is 11.4 Å². The summed E-state index contributed by atoms with van der Waals surface area (Å²) in [5, 5.41) is 2.74. The molecule has 1 heterocycles. The second-order valence-electron chi connectivity index (χ2n) is 5.87. The highest BCUT2D eigenvalue weighted by atomic mass is 32.2. The second-order valence-corrected chi connectivity index (χ2v) is 7.89. The van der Waals surface area contributed by atoms with Crippen LogP contribution >= 0.6 is 0 Å². The van der Waals surface area contributed by atoms with E-state index in [0.717, 1.165) is 21.7 Å². The fraction of sp³-hybridized carbons (Fsp3) is 0.105. The summed E-state index contributed by atoms with van der Waals surface area (Å²) >= 11 is 0. The van der Waals surface area contributed by atoms with Crippen molar-refractivity contribution in [1.29, 1.82) is 0 Å². The highest BCUT2D eigenvalue weighted by molar-refractivity contribution is 7.92. The molecule has 7 nitrogen and oxygen atoms in total. The Balaban J connectivity index is 2.05. The van der Waals surface area contributed by atoms with Gasteiger partial charge in [0.25, 0.3) is 5.91 Å². The van der Waals surface area contributed by atoms with Crippen LogP contribution in [0.2, 0.25) is 0 Å². The lowest BCUT2D eigenvalue weighted by atomic mass is 10.0. The van der Waals surface area contributed by atoms with Crippen molar-refractivity contribution in [3.63, 3.8) is 0 Å². The summed E-state index contributed by atoms with van der Waals surface area (Å²) in [6, 6.07) is 14.8. The minimum Gasteiger partial charge on any atom is -0.319 e. The number of aromatic nitrogens is 2. The molecule has 0 unspecified atom stereocenters. The summed E-state index contributed by atoms with van der Waals surface area (Å²) < 4.78 is 25.1. The van der Waals surface area contributed by atoms with E-state index in [4.69, 9.17) is 0 Å².